The van der Waals surface area contributed by atoms with Crippen LogP contribution in [-0.2, 0) is 43.1 Å². The maximum absolute atomic E-state index is 12.5. The topological polar surface area (TPSA) is 145 Å². The molecule has 3 aliphatic carbocycles. The van der Waals surface area contributed by atoms with Gasteiger partial charge in [0.1, 0.15) is 47.0 Å². The van der Waals surface area contributed by atoms with Gasteiger partial charge in [0.15, 0.2) is 11.5 Å². The van der Waals surface area contributed by atoms with Crippen LogP contribution in [0.1, 0.15) is 113 Å². The molecule has 12 nitrogen and oxygen atoms in total. The van der Waals surface area contributed by atoms with Gasteiger partial charge >= 0.3 is 18.2 Å². The fourth-order valence-corrected chi connectivity index (χ4v) is 9.84. The molecule has 5 aromatic rings. The lowest BCUT2D eigenvalue weighted by Gasteiger charge is -2.48. The number of esters is 1. The number of alkyl carbamates (subject to hydrolysis) is 1. The third kappa shape index (κ3) is 15.7. The number of carbonyl (C=O) groups is 4. The van der Waals surface area contributed by atoms with Gasteiger partial charge in [0.25, 0.3) is 0 Å². The summed E-state index contributed by atoms with van der Waals surface area (Å²) in [6, 6.07) is 34.5. The smallest absolute Gasteiger partial charge is 0.493 e. The molecule has 1 N–H and O–H groups in total. The first-order valence-electron chi connectivity index (χ1n) is 24.9. The minimum atomic E-state index is -0.844. The summed E-state index contributed by atoms with van der Waals surface area (Å²) in [6.07, 6.45) is 7.68. The number of carbonyl (C=O) groups excluding carboxylic acids is 4. The van der Waals surface area contributed by atoms with E-state index in [1.54, 1.807) is 26.8 Å². The fourth-order valence-electron chi connectivity index (χ4n) is 9.84. The first-order chi connectivity index (χ1) is 34.4. The number of ether oxygens (including phenoxy) is 7. The molecule has 0 saturated heterocycles. The highest BCUT2D eigenvalue weighted by Crippen LogP contribution is 2.59. The number of ketones is 1. The van der Waals surface area contributed by atoms with Gasteiger partial charge in [0.05, 0.1) is 14.2 Å². The first-order valence-corrected chi connectivity index (χ1v) is 24.9. The molecule has 8 rings (SSSR count). The highest BCUT2D eigenvalue weighted by molar-refractivity contribution is 5.87. The monoisotopic (exact) mass is 998 g/mol. The van der Waals surface area contributed by atoms with Crippen LogP contribution in [0.5, 0.6) is 34.5 Å². The van der Waals surface area contributed by atoms with Crippen molar-refractivity contribution in [1.82, 2.24) is 5.32 Å². The Morgan fingerprint density at radius 1 is 0.767 bits per heavy atom. The van der Waals surface area contributed by atoms with Crippen molar-refractivity contribution in [2.45, 2.75) is 125 Å². The van der Waals surface area contributed by atoms with E-state index in [4.69, 9.17) is 33.2 Å². The van der Waals surface area contributed by atoms with Crippen molar-refractivity contribution < 1.29 is 52.3 Å². The molecule has 0 aliphatic heterocycles. The lowest BCUT2D eigenvalue weighted by atomic mass is 9.55. The Kier molecular flexibility index (Phi) is 20.3. The van der Waals surface area contributed by atoms with Crippen LogP contribution in [0.2, 0.25) is 0 Å². The minimum Gasteiger partial charge on any atom is -0.493 e. The van der Waals surface area contributed by atoms with Gasteiger partial charge in [0.2, 0.25) is 0 Å². The van der Waals surface area contributed by atoms with Gasteiger partial charge in [-0.2, -0.15) is 0 Å². The number of fused-ring (bicyclic) bond motifs is 5. The van der Waals surface area contributed by atoms with Crippen LogP contribution >= 0.6 is 0 Å². The lowest BCUT2D eigenvalue weighted by Crippen LogP contribution is -2.45. The molecule has 12 heteroatoms. The SMILES string of the molecule is C.C=CCOC(=O)Oc1ccc(CC)cc1OC.COC(=O)C(Cc1ccc(Oc2ccc(C)cc2)cc1)NC(=O)OC(C)(C)C.Cc1ccc(Oc2ccc3c(c2)[C@H]2CC[C@]4(C)C(=O)CC[C@H]4[C@@H]2CC3)cc1. The normalized spacial score (nSPS) is 18.6. The second-order valence-electron chi connectivity index (χ2n) is 19.9. The Balaban J connectivity index is 0.000000208. The van der Waals surface area contributed by atoms with Crippen LogP contribution in [-0.4, -0.2) is 56.5 Å². The number of hydrogen-bond acceptors (Lipinski definition) is 11. The Labute approximate surface area is 432 Å². The summed E-state index contributed by atoms with van der Waals surface area (Å²) in [5.74, 6) is 5.95. The number of methoxy groups -OCH3 is 2. The number of nitrogens with one attached hydrogen (secondary N) is 1. The molecule has 0 bridgehead atoms. The lowest BCUT2D eigenvalue weighted by molar-refractivity contribution is -0.143. The van der Waals surface area contributed by atoms with E-state index in [0.29, 0.717) is 40.8 Å². The molecule has 0 aromatic heterocycles. The number of Topliss-reactive ketones (excluding diaryl/α,β-unsaturated/α-hetero) is 1. The highest BCUT2D eigenvalue weighted by Gasteiger charge is 2.54. The Morgan fingerprint density at radius 2 is 1.36 bits per heavy atom. The zero-order chi connectivity index (χ0) is 52.0. The van der Waals surface area contributed by atoms with Crippen molar-refractivity contribution in [3.05, 3.63) is 155 Å². The van der Waals surface area contributed by atoms with Crippen LogP contribution in [0, 0.1) is 31.1 Å². The Bertz CT molecular complexity index is 2630. The maximum Gasteiger partial charge on any atom is 0.514 e. The largest absolute Gasteiger partial charge is 0.514 e. The van der Waals surface area contributed by atoms with Gasteiger partial charge in [0, 0.05) is 18.3 Å². The van der Waals surface area contributed by atoms with Gasteiger partial charge in [-0.25, -0.2) is 14.4 Å². The fraction of sp³-hybridized carbons (Fsp3) is 0.410. The van der Waals surface area contributed by atoms with Crippen LogP contribution in [0.4, 0.5) is 9.59 Å². The number of amides is 1. The van der Waals surface area contributed by atoms with E-state index in [-0.39, 0.29) is 25.9 Å². The summed E-state index contributed by atoms with van der Waals surface area (Å²) in [5.41, 5.74) is 6.63. The van der Waals surface area contributed by atoms with Crippen LogP contribution in [0.15, 0.2) is 122 Å². The molecule has 2 fully saturated rings. The van der Waals surface area contributed by atoms with E-state index in [9.17, 15) is 19.2 Å². The quantitative estimate of drug-likeness (QED) is 0.0521. The summed E-state index contributed by atoms with van der Waals surface area (Å²) in [4.78, 5) is 47.8. The molecule has 5 aromatic carbocycles. The van der Waals surface area contributed by atoms with Gasteiger partial charge in [-0.3, -0.25) is 4.79 Å². The standard InChI is InChI=1S/C25H28O2.C22H27NO5.C13H16O4.CH4/c1-16-3-7-18(8-4-16)27-19-9-5-17-6-10-21-20(22(17)15-19)13-14-25(2)23(21)11-12-24(25)26;1-15-6-10-17(11-7-15)27-18-12-8-16(9-13-18)14-19(20(24)26-5)23-21(25)28-22(2,3)4;1-4-8-16-13(14)17-11-7-6-10(5-2)9-12(11)15-3;/h3-5,7-9,15,20-21,23H,6,10-14H2,1-2H3;6-13,19H,14H2,1-5H3,(H,23,25);4,6-7,9H,1,5,8H2,2-3H3;1H4/t20-,21+,23-,25-;;;/m0.../s1. The van der Waals surface area contributed by atoms with E-state index < -0.39 is 29.9 Å². The first kappa shape index (κ1) is 56.8. The Hall–Kier alpha value is -7.08. The molecule has 0 radical (unpaired) electrons. The predicted octanol–water partition coefficient (Wildman–Crippen LogP) is 14.2. The van der Waals surface area contributed by atoms with E-state index in [1.807, 2.05) is 86.6 Å². The Morgan fingerprint density at radius 3 is 1.93 bits per heavy atom. The predicted molar refractivity (Wildman–Crippen MR) is 285 cm³/mol. The van der Waals surface area contributed by atoms with Crippen LogP contribution in [0.3, 0.4) is 0 Å². The average Bonchev–Trinajstić information content (AvgIpc) is 3.67. The van der Waals surface area contributed by atoms with Gasteiger partial charge in [-0.15, -0.1) is 0 Å². The van der Waals surface area contributed by atoms with E-state index >= 15 is 0 Å². The maximum atomic E-state index is 12.5. The molecule has 1 amide bonds. The number of benzene rings is 5. The van der Waals surface area contributed by atoms with Gasteiger partial charge < -0.3 is 38.5 Å². The number of rotatable bonds is 13. The third-order valence-electron chi connectivity index (χ3n) is 13.6. The number of aryl methyl sites for hydroxylation is 4. The summed E-state index contributed by atoms with van der Waals surface area (Å²) in [7, 11) is 2.81. The van der Waals surface area contributed by atoms with Crippen molar-refractivity contribution in [3.8, 4) is 34.5 Å². The molecule has 0 heterocycles. The van der Waals surface area contributed by atoms with Crippen molar-refractivity contribution in [3.63, 3.8) is 0 Å². The van der Waals surface area contributed by atoms with E-state index in [0.717, 1.165) is 72.5 Å². The molecular weight excluding hydrogens is 923 g/mol. The minimum absolute atomic E-state index is 0. The van der Waals surface area contributed by atoms with Crippen molar-refractivity contribution in [1.29, 1.82) is 0 Å². The number of hydrogen-bond donors (Lipinski definition) is 1. The molecule has 390 valence electrons. The van der Waals surface area contributed by atoms with Crippen molar-refractivity contribution >= 4 is 24.0 Å². The summed E-state index contributed by atoms with van der Waals surface area (Å²) < 4.78 is 36.8. The van der Waals surface area contributed by atoms with Crippen LogP contribution < -0.4 is 24.3 Å². The van der Waals surface area contributed by atoms with Gasteiger partial charge in [-0.05, 0) is 174 Å². The average molecular weight is 998 g/mol. The summed E-state index contributed by atoms with van der Waals surface area (Å²) in [5, 5.41) is 2.57. The molecule has 3 aliphatic rings. The summed E-state index contributed by atoms with van der Waals surface area (Å²) >= 11 is 0. The molecule has 1 unspecified atom stereocenters. The molecule has 5 atom stereocenters. The van der Waals surface area contributed by atoms with Crippen molar-refractivity contribution in [2.24, 2.45) is 17.3 Å². The van der Waals surface area contributed by atoms with Gasteiger partial charge in [-0.1, -0.05) is 93.6 Å². The van der Waals surface area contributed by atoms with E-state index in [1.165, 1.54) is 43.4 Å². The second kappa shape index (κ2) is 26.0. The second-order valence-corrected chi connectivity index (χ2v) is 19.9. The van der Waals surface area contributed by atoms with E-state index in [2.05, 4.69) is 56.1 Å². The van der Waals surface area contributed by atoms with Crippen molar-refractivity contribution in [2.75, 3.05) is 20.8 Å². The molecule has 0 spiro atoms. The molecular formula is C61H75NO11. The third-order valence-corrected chi connectivity index (χ3v) is 13.6. The molecule has 73 heavy (non-hydrogen) atoms. The zero-order valence-electron chi connectivity index (χ0n) is 43.3. The van der Waals surface area contributed by atoms with Crippen LogP contribution in [0.25, 0.3) is 0 Å². The zero-order valence-corrected chi connectivity index (χ0v) is 43.3. The highest BCUT2D eigenvalue weighted by atomic mass is 16.7. The summed E-state index contributed by atoms with van der Waals surface area (Å²) in [6.45, 7) is 17.2. The molecule has 2 saturated carbocycles.